The van der Waals surface area contributed by atoms with Gasteiger partial charge in [-0.25, -0.2) is 0 Å². The van der Waals surface area contributed by atoms with Crippen molar-refractivity contribution in [2.75, 3.05) is 6.54 Å². The van der Waals surface area contributed by atoms with Crippen molar-refractivity contribution < 1.29 is 0 Å². The average Bonchev–Trinajstić information content (AvgIpc) is 2.52. The van der Waals surface area contributed by atoms with Gasteiger partial charge in [0.15, 0.2) is 0 Å². The summed E-state index contributed by atoms with van der Waals surface area (Å²) in [5, 5.41) is 3.28. The summed E-state index contributed by atoms with van der Waals surface area (Å²) >= 11 is 1.66. The smallest absolute Gasteiger partial charge is 0.0794 e. The first-order chi connectivity index (χ1) is 5.33. The van der Waals surface area contributed by atoms with Gasteiger partial charge in [-0.1, -0.05) is 0 Å². The molecule has 0 fully saturated rings. The molecule has 0 aromatic carbocycles. The van der Waals surface area contributed by atoms with Gasteiger partial charge in [0.25, 0.3) is 0 Å². The first kappa shape index (κ1) is 8.64. The Morgan fingerprint density at radius 3 is 3.18 bits per heavy atom. The number of thiazole rings is 1. The van der Waals surface area contributed by atoms with Crippen molar-refractivity contribution in [1.82, 2.24) is 10.3 Å². The Morgan fingerprint density at radius 2 is 2.64 bits per heavy atom. The van der Waals surface area contributed by atoms with Crippen LogP contribution in [-0.2, 0) is 6.54 Å². The molecular weight excluding hydrogens is 158 g/mol. The molecule has 11 heavy (non-hydrogen) atoms. The molecule has 3 N–H and O–H groups in total. The van der Waals surface area contributed by atoms with Crippen LogP contribution in [0, 0.1) is 0 Å². The summed E-state index contributed by atoms with van der Waals surface area (Å²) in [4.78, 5) is 5.23. The van der Waals surface area contributed by atoms with Gasteiger partial charge in [-0.3, -0.25) is 4.98 Å². The largest absolute Gasteiger partial charge is 0.329 e. The zero-order valence-electron chi connectivity index (χ0n) is 6.58. The van der Waals surface area contributed by atoms with E-state index in [1.54, 1.807) is 11.3 Å². The van der Waals surface area contributed by atoms with E-state index < -0.39 is 0 Å². The molecule has 4 heteroatoms. The molecule has 1 aromatic heterocycles. The lowest BCUT2D eigenvalue weighted by Gasteiger charge is -2.08. The third kappa shape index (κ3) is 2.96. The molecular formula is C7H13N3S. The third-order valence-electron chi connectivity index (χ3n) is 1.46. The molecule has 0 spiro atoms. The van der Waals surface area contributed by atoms with Crippen molar-refractivity contribution in [3.8, 4) is 0 Å². The molecule has 0 saturated carbocycles. The highest BCUT2D eigenvalue weighted by atomic mass is 32.1. The average molecular weight is 171 g/mol. The van der Waals surface area contributed by atoms with Gasteiger partial charge in [-0.05, 0) is 6.92 Å². The van der Waals surface area contributed by atoms with Crippen LogP contribution in [0.15, 0.2) is 11.7 Å². The van der Waals surface area contributed by atoms with Gasteiger partial charge in [0.2, 0.25) is 0 Å². The fourth-order valence-electron chi connectivity index (χ4n) is 0.688. The van der Waals surface area contributed by atoms with E-state index in [9.17, 15) is 0 Å². The van der Waals surface area contributed by atoms with Crippen LogP contribution in [0.25, 0.3) is 0 Å². The van der Waals surface area contributed by atoms with Crippen LogP contribution in [0.5, 0.6) is 0 Å². The van der Waals surface area contributed by atoms with E-state index in [1.165, 1.54) is 4.88 Å². The third-order valence-corrected chi connectivity index (χ3v) is 2.24. The summed E-state index contributed by atoms with van der Waals surface area (Å²) in [6, 6.07) is 0.386. The lowest BCUT2D eigenvalue weighted by atomic mass is 10.3. The van der Waals surface area contributed by atoms with E-state index in [4.69, 9.17) is 5.73 Å². The molecule has 1 unspecified atom stereocenters. The van der Waals surface area contributed by atoms with Crippen molar-refractivity contribution in [2.24, 2.45) is 5.73 Å². The van der Waals surface area contributed by atoms with Crippen LogP contribution in [0.2, 0.25) is 0 Å². The Labute approximate surface area is 70.6 Å². The minimum absolute atomic E-state index is 0.386. The number of nitrogens with one attached hydrogen (secondary N) is 1. The highest BCUT2D eigenvalue weighted by Gasteiger charge is 1.98. The number of hydrogen-bond acceptors (Lipinski definition) is 4. The van der Waals surface area contributed by atoms with E-state index in [2.05, 4.69) is 17.2 Å². The van der Waals surface area contributed by atoms with Gasteiger partial charge in [0.05, 0.1) is 5.51 Å². The number of nitrogens with zero attached hydrogens (tertiary/aromatic N) is 1. The van der Waals surface area contributed by atoms with Crippen LogP contribution in [0.4, 0.5) is 0 Å². The van der Waals surface area contributed by atoms with E-state index in [0.29, 0.717) is 12.6 Å². The van der Waals surface area contributed by atoms with Crippen LogP contribution in [-0.4, -0.2) is 17.6 Å². The topological polar surface area (TPSA) is 50.9 Å². The molecule has 0 aliphatic heterocycles. The fourth-order valence-corrected chi connectivity index (χ4v) is 1.23. The van der Waals surface area contributed by atoms with Gasteiger partial charge < -0.3 is 11.1 Å². The fraction of sp³-hybridized carbons (Fsp3) is 0.571. The minimum Gasteiger partial charge on any atom is -0.329 e. The Hall–Kier alpha value is -0.450. The Bertz CT molecular complexity index is 186. The molecule has 0 bridgehead atoms. The first-order valence-corrected chi connectivity index (χ1v) is 4.51. The summed E-state index contributed by atoms with van der Waals surface area (Å²) in [6.07, 6.45) is 1.88. The van der Waals surface area contributed by atoms with Crippen LogP contribution in [0.3, 0.4) is 0 Å². The molecule has 1 rings (SSSR count). The number of aromatic nitrogens is 1. The molecule has 62 valence electrons. The second-order valence-electron chi connectivity index (χ2n) is 2.49. The molecule has 1 aromatic rings. The maximum absolute atomic E-state index is 5.44. The summed E-state index contributed by atoms with van der Waals surface area (Å²) < 4.78 is 0. The molecule has 3 nitrogen and oxygen atoms in total. The van der Waals surface area contributed by atoms with Gasteiger partial charge in [-0.15, -0.1) is 11.3 Å². The molecule has 0 amide bonds. The minimum atomic E-state index is 0.386. The van der Waals surface area contributed by atoms with Crippen molar-refractivity contribution in [1.29, 1.82) is 0 Å². The normalized spacial score (nSPS) is 13.3. The zero-order valence-corrected chi connectivity index (χ0v) is 7.40. The SMILES string of the molecule is CC(CN)NCc1cncs1. The van der Waals surface area contributed by atoms with Crippen molar-refractivity contribution >= 4 is 11.3 Å². The van der Waals surface area contributed by atoms with E-state index in [1.807, 2.05) is 11.7 Å². The Kier molecular flexibility index (Phi) is 3.48. The maximum atomic E-state index is 5.44. The van der Waals surface area contributed by atoms with E-state index in [0.717, 1.165) is 6.54 Å². The molecule has 0 saturated heterocycles. The number of hydrogen-bond donors (Lipinski definition) is 2. The van der Waals surface area contributed by atoms with Crippen LogP contribution < -0.4 is 11.1 Å². The van der Waals surface area contributed by atoms with Gasteiger partial charge in [0.1, 0.15) is 0 Å². The first-order valence-electron chi connectivity index (χ1n) is 3.63. The van der Waals surface area contributed by atoms with E-state index >= 15 is 0 Å². The standard InChI is InChI=1S/C7H13N3S/c1-6(2-8)10-4-7-3-9-5-11-7/h3,5-6,10H,2,4,8H2,1H3. The Balaban J connectivity index is 2.23. The molecule has 0 aliphatic carbocycles. The number of nitrogens with two attached hydrogens (primary N) is 1. The highest BCUT2D eigenvalue weighted by Crippen LogP contribution is 2.04. The highest BCUT2D eigenvalue weighted by molar-refractivity contribution is 7.09. The second kappa shape index (κ2) is 4.43. The summed E-state index contributed by atoms with van der Waals surface area (Å²) in [5.41, 5.74) is 7.27. The summed E-state index contributed by atoms with van der Waals surface area (Å²) in [7, 11) is 0. The molecule has 0 radical (unpaired) electrons. The lowest BCUT2D eigenvalue weighted by Crippen LogP contribution is -2.32. The monoisotopic (exact) mass is 171 g/mol. The van der Waals surface area contributed by atoms with Gasteiger partial charge >= 0.3 is 0 Å². The van der Waals surface area contributed by atoms with Crippen molar-refractivity contribution in [3.63, 3.8) is 0 Å². The second-order valence-corrected chi connectivity index (χ2v) is 3.46. The van der Waals surface area contributed by atoms with Crippen LogP contribution in [0.1, 0.15) is 11.8 Å². The molecule has 1 atom stereocenters. The van der Waals surface area contributed by atoms with Gasteiger partial charge in [-0.2, -0.15) is 0 Å². The predicted molar refractivity (Wildman–Crippen MR) is 47.5 cm³/mol. The quantitative estimate of drug-likeness (QED) is 0.696. The van der Waals surface area contributed by atoms with Gasteiger partial charge in [0, 0.05) is 30.2 Å². The lowest BCUT2D eigenvalue weighted by molar-refractivity contribution is 0.559. The van der Waals surface area contributed by atoms with Crippen molar-refractivity contribution in [3.05, 3.63) is 16.6 Å². The molecule has 1 heterocycles. The Morgan fingerprint density at radius 1 is 1.82 bits per heavy atom. The molecule has 0 aliphatic rings. The maximum Gasteiger partial charge on any atom is 0.0794 e. The summed E-state index contributed by atoms with van der Waals surface area (Å²) in [6.45, 7) is 3.63. The number of rotatable bonds is 4. The van der Waals surface area contributed by atoms with Crippen molar-refractivity contribution in [2.45, 2.75) is 19.5 Å². The van der Waals surface area contributed by atoms with Crippen LogP contribution >= 0.6 is 11.3 Å². The zero-order chi connectivity index (χ0) is 8.10. The summed E-state index contributed by atoms with van der Waals surface area (Å²) in [5.74, 6) is 0. The predicted octanol–water partition coefficient (Wildman–Crippen LogP) is 0.580. The van der Waals surface area contributed by atoms with E-state index in [-0.39, 0.29) is 0 Å².